The second-order valence-electron chi connectivity index (χ2n) is 3.17. The number of sulfonamides is 1. The van der Waals surface area contributed by atoms with E-state index >= 15 is 0 Å². The summed E-state index contributed by atoms with van der Waals surface area (Å²) in [6, 6.07) is 3.79. The van der Waals surface area contributed by atoms with Crippen molar-refractivity contribution in [1.29, 1.82) is 0 Å². The van der Waals surface area contributed by atoms with Crippen LogP contribution in [0.15, 0.2) is 23.1 Å². The van der Waals surface area contributed by atoms with Crippen LogP contribution >= 0.6 is 0 Å². The van der Waals surface area contributed by atoms with Crippen LogP contribution < -0.4 is 9.88 Å². The lowest BCUT2D eigenvalue weighted by Gasteiger charge is -2.09. The molecule has 0 radical (unpaired) electrons. The van der Waals surface area contributed by atoms with E-state index in [0.29, 0.717) is 5.56 Å². The highest BCUT2D eigenvalue weighted by molar-refractivity contribution is 7.89. The molecular formula is C9H11F2NO3S. The van der Waals surface area contributed by atoms with Gasteiger partial charge in [0.2, 0.25) is 10.0 Å². The average molecular weight is 251 g/mol. The smallest absolute Gasteiger partial charge is 0.272 e. The summed E-state index contributed by atoms with van der Waals surface area (Å²) < 4.78 is 50.5. The van der Waals surface area contributed by atoms with Gasteiger partial charge in [0.1, 0.15) is 12.4 Å². The second kappa shape index (κ2) is 4.75. The van der Waals surface area contributed by atoms with E-state index in [1.54, 1.807) is 6.92 Å². The van der Waals surface area contributed by atoms with Gasteiger partial charge >= 0.3 is 0 Å². The molecular weight excluding hydrogens is 240 g/mol. The fourth-order valence-electron chi connectivity index (χ4n) is 1.11. The number of primary sulfonamides is 1. The summed E-state index contributed by atoms with van der Waals surface area (Å²) in [5.74, 6) is 0.215. The first-order chi connectivity index (χ1) is 7.30. The van der Waals surface area contributed by atoms with Gasteiger partial charge in [-0.05, 0) is 30.7 Å². The molecule has 90 valence electrons. The molecule has 0 spiro atoms. The summed E-state index contributed by atoms with van der Waals surface area (Å²) >= 11 is 0. The Bertz CT molecular complexity index is 474. The minimum absolute atomic E-state index is 0.0746. The third-order valence-electron chi connectivity index (χ3n) is 1.84. The van der Waals surface area contributed by atoms with Gasteiger partial charge < -0.3 is 4.74 Å². The van der Waals surface area contributed by atoms with Crippen LogP contribution in [0.1, 0.15) is 5.56 Å². The Hall–Kier alpha value is -1.21. The Balaban J connectivity index is 2.92. The third-order valence-corrected chi connectivity index (χ3v) is 2.75. The van der Waals surface area contributed by atoms with Crippen molar-refractivity contribution >= 4 is 10.0 Å². The van der Waals surface area contributed by atoms with Gasteiger partial charge in [0.25, 0.3) is 6.43 Å². The minimum Gasteiger partial charge on any atom is -0.487 e. The van der Waals surface area contributed by atoms with Gasteiger partial charge in [0.15, 0.2) is 0 Å². The summed E-state index contributed by atoms with van der Waals surface area (Å²) in [7, 11) is -3.78. The van der Waals surface area contributed by atoms with E-state index in [0.717, 1.165) is 0 Å². The van der Waals surface area contributed by atoms with Crippen molar-refractivity contribution < 1.29 is 21.9 Å². The number of rotatable bonds is 4. The number of ether oxygens (including phenoxy) is 1. The van der Waals surface area contributed by atoms with Crippen molar-refractivity contribution in [3.8, 4) is 5.75 Å². The van der Waals surface area contributed by atoms with Crippen LogP contribution in [0, 0.1) is 6.92 Å². The highest BCUT2D eigenvalue weighted by Gasteiger charge is 2.11. The molecule has 0 fully saturated rings. The predicted molar refractivity (Wildman–Crippen MR) is 54.1 cm³/mol. The maximum atomic E-state index is 11.9. The summed E-state index contributed by atoms with van der Waals surface area (Å²) in [6.07, 6.45) is -2.57. The molecule has 0 atom stereocenters. The number of hydrogen-bond acceptors (Lipinski definition) is 3. The summed E-state index contributed by atoms with van der Waals surface area (Å²) in [5, 5.41) is 4.91. The average Bonchev–Trinajstić information content (AvgIpc) is 2.14. The topological polar surface area (TPSA) is 69.4 Å². The van der Waals surface area contributed by atoms with E-state index in [4.69, 9.17) is 9.88 Å². The molecule has 1 aromatic carbocycles. The minimum atomic E-state index is -3.78. The maximum absolute atomic E-state index is 11.9. The fourth-order valence-corrected chi connectivity index (χ4v) is 1.71. The molecule has 0 unspecified atom stereocenters. The fraction of sp³-hybridized carbons (Fsp3) is 0.333. The summed E-state index contributed by atoms with van der Waals surface area (Å²) in [5.41, 5.74) is 0.437. The number of alkyl halides is 2. The van der Waals surface area contributed by atoms with Crippen LogP contribution in [0.4, 0.5) is 8.78 Å². The molecule has 0 heterocycles. The largest absolute Gasteiger partial charge is 0.487 e. The lowest BCUT2D eigenvalue weighted by atomic mass is 10.2. The molecule has 4 nitrogen and oxygen atoms in total. The van der Waals surface area contributed by atoms with E-state index in [9.17, 15) is 17.2 Å². The van der Waals surface area contributed by atoms with Crippen LogP contribution in [0.5, 0.6) is 5.75 Å². The van der Waals surface area contributed by atoms with Crippen LogP contribution in [0.25, 0.3) is 0 Å². The molecule has 1 rings (SSSR count). The Kier molecular flexibility index (Phi) is 3.82. The van der Waals surface area contributed by atoms with Gasteiger partial charge in [-0.25, -0.2) is 22.3 Å². The maximum Gasteiger partial charge on any atom is 0.272 e. The van der Waals surface area contributed by atoms with E-state index in [1.807, 2.05) is 0 Å². The normalized spacial score (nSPS) is 11.8. The molecule has 2 N–H and O–H groups in total. The van der Waals surface area contributed by atoms with E-state index < -0.39 is 23.1 Å². The van der Waals surface area contributed by atoms with Crippen molar-refractivity contribution in [3.05, 3.63) is 23.8 Å². The van der Waals surface area contributed by atoms with Crippen LogP contribution in [-0.2, 0) is 10.0 Å². The quantitative estimate of drug-likeness (QED) is 0.876. The van der Waals surface area contributed by atoms with E-state index in [1.165, 1.54) is 18.2 Å². The van der Waals surface area contributed by atoms with Crippen molar-refractivity contribution in [2.24, 2.45) is 5.14 Å². The Labute approximate surface area is 92.1 Å². The first kappa shape index (κ1) is 12.9. The Morgan fingerprint density at radius 3 is 2.50 bits per heavy atom. The molecule has 16 heavy (non-hydrogen) atoms. The SMILES string of the molecule is Cc1cc(S(N)(=O)=O)ccc1OCC(F)F. The molecule has 0 saturated carbocycles. The van der Waals surface area contributed by atoms with Gasteiger partial charge in [-0.1, -0.05) is 0 Å². The lowest BCUT2D eigenvalue weighted by Crippen LogP contribution is -2.13. The highest BCUT2D eigenvalue weighted by Crippen LogP contribution is 2.21. The van der Waals surface area contributed by atoms with Crippen molar-refractivity contribution in [3.63, 3.8) is 0 Å². The van der Waals surface area contributed by atoms with Gasteiger partial charge in [-0.15, -0.1) is 0 Å². The van der Waals surface area contributed by atoms with Gasteiger partial charge in [0, 0.05) is 0 Å². The number of nitrogens with two attached hydrogens (primary N) is 1. The molecule has 0 aliphatic heterocycles. The first-order valence-electron chi connectivity index (χ1n) is 4.35. The number of hydrogen-bond donors (Lipinski definition) is 1. The molecule has 0 aliphatic carbocycles. The molecule has 0 amide bonds. The van der Waals surface area contributed by atoms with Crippen LogP contribution in [0.2, 0.25) is 0 Å². The van der Waals surface area contributed by atoms with E-state index in [2.05, 4.69) is 0 Å². The molecule has 0 aliphatic rings. The standard InChI is InChI=1S/C9H11F2NO3S/c1-6-4-7(16(12,13)14)2-3-8(6)15-5-9(10)11/h2-4,9H,5H2,1H3,(H2,12,13,14). The van der Waals surface area contributed by atoms with Gasteiger partial charge in [-0.2, -0.15) is 0 Å². The molecule has 1 aromatic rings. The van der Waals surface area contributed by atoms with Crippen molar-refractivity contribution in [2.75, 3.05) is 6.61 Å². The molecule has 0 saturated heterocycles. The number of aryl methyl sites for hydroxylation is 1. The highest BCUT2D eigenvalue weighted by atomic mass is 32.2. The Morgan fingerprint density at radius 1 is 1.44 bits per heavy atom. The van der Waals surface area contributed by atoms with Crippen molar-refractivity contribution in [2.45, 2.75) is 18.2 Å². The van der Waals surface area contributed by atoms with Crippen LogP contribution in [0.3, 0.4) is 0 Å². The predicted octanol–water partition coefficient (Wildman–Crippen LogP) is 1.29. The first-order valence-corrected chi connectivity index (χ1v) is 5.89. The number of halogens is 2. The van der Waals surface area contributed by atoms with Crippen molar-refractivity contribution in [1.82, 2.24) is 0 Å². The molecule has 0 bridgehead atoms. The van der Waals surface area contributed by atoms with Crippen LogP contribution in [-0.4, -0.2) is 21.5 Å². The van der Waals surface area contributed by atoms with E-state index in [-0.39, 0.29) is 10.6 Å². The zero-order chi connectivity index (χ0) is 12.3. The number of benzene rings is 1. The second-order valence-corrected chi connectivity index (χ2v) is 4.74. The zero-order valence-corrected chi connectivity index (χ0v) is 9.30. The monoisotopic (exact) mass is 251 g/mol. The molecule has 7 heteroatoms. The summed E-state index contributed by atoms with van der Waals surface area (Å²) in [6.45, 7) is 0.824. The summed E-state index contributed by atoms with van der Waals surface area (Å²) in [4.78, 5) is -0.0746. The third kappa shape index (κ3) is 3.42. The van der Waals surface area contributed by atoms with Gasteiger partial charge in [0.05, 0.1) is 4.90 Å². The molecule has 0 aromatic heterocycles. The zero-order valence-electron chi connectivity index (χ0n) is 8.48. The lowest BCUT2D eigenvalue weighted by molar-refractivity contribution is 0.0815. The Morgan fingerprint density at radius 2 is 2.06 bits per heavy atom. The van der Waals surface area contributed by atoms with Gasteiger partial charge in [-0.3, -0.25) is 0 Å².